The molecule has 8 heteroatoms. The SMILES string of the molecule is C=[NH+]C(C)(C)Cc1ccc(NS(=O)(=O)c2ccc(NC(=O)NCc3ccccc3)cc2)cc1. The summed E-state index contributed by atoms with van der Waals surface area (Å²) in [4.78, 5) is 15.2. The summed E-state index contributed by atoms with van der Waals surface area (Å²) in [6, 6.07) is 22.4. The largest absolute Gasteiger partial charge is 0.334 e. The van der Waals surface area contributed by atoms with Crippen LogP contribution in [0, 0.1) is 0 Å². The lowest BCUT2D eigenvalue weighted by molar-refractivity contribution is -0.535. The Kier molecular flexibility index (Phi) is 7.50. The predicted molar refractivity (Wildman–Crippen MR) is 132 cm³/mol. The summed E-state index contributed by atoms with van der Waals surface area (Å²) >= 11 is 0. The molecule has 0 radical (unpaired) electrons. The number of sulfonamides is 1. The van der Waals surface area contributed by atoms with Crippen molar-refractivity contribution in [3.63, 3.8) is 0 Å². The average molecular weight is 466 g/mol. The standard InChI is InChI=1S/C25H28N4O3S/c1-25(2,26-3)17-19-9-11-22(12-10-19)29-33(31,32)23-15-13-21(14-16-23)28-24(30)27-18-20-7-5-4-6-8-20/h4-16,29H,3,17-18H2,1-2H3,(H2,27,28,30)/p+1. The summed E-state index contributed by atoms with van der Waals surface area (Å²) in [5, 5.41) is 5.45. The van der Waals surface area contributed by atoms with Crippen LogP contribution in [0.2, 0.25) is 0 Å². The van der Waals surface area contributed by atoms with Crippen molar-refractivity contribution in [1.29, 1.82) is 0 Å². The van der Waals surface area contributed by atoms with E-state index in [1.54, 1.807) is 24.3 Å². The zero-order chi connectivity index (χ0) is 23.9. The fourth-order valence-electron chi connectivity index (χ4n) is 3.15. The first-order valence-electron chi connectivity index (χ1n) is 10.5. The number of nitrogens with one attached hydrogen (secondary N) is 4. The summed E-state index contributed by atoms with van der Waals surface area (Å²) in [5.41, 5.74) is 2.86. The first kappa shape index (κ1) is 24.0. The third-order valence-corrected chi connectivity index (χ3v) is 6.45. The molecule has 4 N–H and O–H groups in total. The first-order chi connectivity index (χ1) is 15.7. The summed E-state index contributed by atoms with van der Waals surface area (Å²) < 4.78 is 28.0. The van der Waals surface area contributed by atoms with Crippen molar-refractivity contribution in [2.45, 2.75) is 37.2 Å². The van der Waals surface area contributed by atoms with Crippen LogP contribution in [-0.4, -0.2) is 26.7 Å². The highest BCUT2D eigenvalue weighted by atomic mass is 32.2. The second-order valence-corrected chi connectivity index (χ2v) is 10.0. The molecule has 0 unspecified atom stereocenters. The minimum atomic E-state index is -3.76. The number of hydrogen-bond acceptors (Lipinski definition) is 3. The maximum absolute atomic E-state index is 12.7. The van der Waals surface area contributed by atoms with E-state index in [1.807, 2.05) is 56.3 Å². The quantitative estimate of drug-likeness (QED) is 0.366. The van der Waals surface area contributed by atoms with Crippen LogP contribution in [0.3, 0.4) is 0 Å². The molecule has 0 saturated carbocycles. The molecule has 7 nitrogen and oxygen atoms in total. The smallest absolute Gasteiger partial charge is 0.319 e. The van der Waals surface area contributed by atoms with Gasteiger partial charge in [0.15, 0.2) is 5.54 Å². The Labute approximate surface area is 195 Å². The Balaban J connectivity index is 1.57. The monoisotopic (exact) mass is 465 g/mol. The third kappa shape index (κ3) is 7.18. The predicted octanol–water partition coefficient (Wildman–Crippen LogP) is 2.91. The zero-order valence-electron chi connectivity index (χ0n) is 18.8. The van der Waals surface area contributed by atoms with Crippen LogP contribution in [0.15, 0.2) is 83.8 Å². The van der Waals surface area contributed by atoms with Crippen molar-refractivity contribution in [3.8, 4) is 0 Å². The van der Waals surface area contributed by atoms with Gasteiger partial charge in [0.05, 0.1) is 4.90 Å². The van der Waals surface area contributed by atoms with Gasteiger partial charge < -0.3 is 10.6 Å². The van der Waals surface area contributed by atoms with E-state index in [0.29, 0.717) is 17.9 Å². The number of hydrogen-bond donors (Lipinski definition) is 4. The molecule has 0 aliphatic heterocycles. The third-order valence-electron chi connectivity index (χ3n) is 5.05. The van der Waals surface area contributed by atoms with E-state index in [1.165, 1.54) is 12.1 Å². The van der Waals surface area contributed by atoms with Gasteiger partial charge in [-0.15, -0.1) is 0 Å². The van der Waals surface area contributed by atoms with Crippen molar-refractivity contribution in [1.82, 2.24) is 5.32 Å². The molecule has 0 heterocycles. The number of carbonyl (C=O) groups excluding carboxylic acids is 1. The van der Waals surface area contributed by atoms with Gasteiger partial charge in [0.2, 0.25) is 0 Å². The van der Waals surface area contributed by atoms with Crippen LogP contribution in [0.25, 0.3) is 0 Å². The average Bonchev–Trinajstić information content (AvgIpc) is 2.80. The van der Waals surface area contributed by atoms with E-state index in [9.17, 15) is 13.2 Å². The van der Waals surface area contributed by atoms with Gasteiger partial charge in [-0.05, 0) is 47.5 Å². The molecule has 0 spiro atoms. The minimum Gasteiger partial charge on any atom is -0.334 e. The van der Waals surface area contributed by atoms with Gasteiger partial charge in [-0.2, -0.15) is 0 Å². The molecule has 0 aliphatic carbocycles. The van der Waals surface area contributed by atoms with Gasteiger partial charge in [0.25, 0.3) is 10.0 Å². The maximum Gasteiger partial charge on any atom is 0.319 e. The number of urea groups is 1. The summed E-state index contributed by atoms with van der Waals surface area (Å²) in [6.45, 7) is 8.21. The normalized spacial score (nSPS) is 11.5. The Morgan fingerprint density at radius 3 is 2.09 bits per heavy atom. The van der Waals surface area contributed by atoms with Crippen molar-refractivity contribution < 1.29 is 18.2 Å². The molecule has 3 aromatic rings. The number of carbonyl (C=O) groups is 1. The Morgan fingerprint density at radius 1 is 0.879 bits per heavy atom. The van der Waals surface area contributed by atoms with Gasteiger partial charge >= 0.3 is 6.03 Å². The maximum atomic E-state index is 12.7. The van der Waals surface area contributed by atoms with Crippen LogP contribution < -0.4 is 20.3 Å². The van der Waals surface area contributed by atoms with Gasteiger partial charge in [0, 0.05) is 38.2 Å². The summed E-state index contributed by atoms with van der Waals surface area (Å²) in [7, 11) is -3.76. The number of anilines is 2. The molecule has 0 atom stereocenters. The molecule has 0 aromatic heterocycles. The summed E-state index contributed by atoms with van der Waals surface area (Å²) in [6.07, 6.45) is 0.761. The number of benzene rings is 3. The number of rotatable bonds is 9. The molecular formula is C25H29N4O3S+. The lowest BCUT2D eigenvalue weighted by Gasteiger charge is -2.14. The van der Waals surface area contributed by atoms with Crippen molar-refractivity contribution >= 4 is 34.1 Å². The fraction of sp³-hybridized carbons (Fsp3) is 0.200. The van der Waals surface area contributed by atoms with E-state index in [0.717, 1.165) is 17.5 Å². The molecule has 0 fully saturated rings. The van der Waals surface area contributed by atoms with Gasteiger partial charge in [-0.3, -0.25) is 4.72 Å². The Hall–Kier alpha value is -3.65. The molecule has 2 amide bonds. The number of amides is 2. The lowest BCUT2D eigenvalue weighted by Crippen LogP contribution is -2.81. The molecule has 3 rings (SSSR count). The van der Waals surface area contributed by atoms with E-state index >= 15 is 0 Å². The zero-order valence-corrected chi connectivity index (χ0v) is 19.6. The van der Waals surface area contributed by atoms with Gasteiger partial charge in [0.1, 0.15) is 6.72 Å². The molecule has 0 bridgehead atoms. The van der Waals surface area contributed by atoms with Gasteiger partial charge in [-0.1, -0.05) is 42.5 Å². The van der Waals surface area contributed by atoms with Crippen molar-refractivity contribution in [2.75, 3.05) is 10.0 Å². The van der Waals surface area contributed by atoms with E-state index in [4.69, 9.17) is 0 Å². The topological polar surface area (TPSA) is 101 Å². The highest BCUT2D eigenvalue weighted by Gasteiger charge is 2.21. The molecule has 172 valence electrons. The van der Waals surface area contributed by atoms with Crippen LogP contribution in [0.4, 0.5) is 16.2 Å². The van der Waals surface area contributed by atoms with Crippen LogP contribution >= 0.6 is 0 Å². The first-order valence-corrected chi connectivity index (χ1v) is 12.0. The van der Waals surface area contributed by atoms with Crippen molar-refractivity contribution in [3.05, 3.63) is 90.0 Å². The van der Waals surface area contributed by atoms with E-state index < -0.39 is 10.0 Å². The lowest BCUT2D eigenvalue weighted by atomic mass is 9.96. The molecule has 33 heavy (non-hydrogen) atoms. The Bertz CT molecular complexity index is 1190. The van der Waals surface area contributed by atoms with Crippen molar-refractivity contribution in [2.24, 2.45) is 0 Å². The van der Waals surface area contributed by atoms with Gasteiger partial charge in [-0.25, -0.2) is 18.2 Å². The molecule has 0 aliphatic rings. The molecule has 3 aromatic carbocycles. The van der Waals surface area contributed by atoms with Crippen LogP contribution in [0.1, 0.15) is 25.0 Å². The molecule has 0 saturated heterocycles. The van der Waals surface area contributed by atoms with Crippen LogP contribution in [-0.2, 0) is 23.0 Å². The minimum absolute atomic E-state index is 0.101. The highest BCUT2D eigenvalue weighted by Crippen LogP contribution is 2.20. The fourth-order valence-corrected chi connectivity index (χ4v) is 4.21. The second kappa shape index (κ2) is 10.3. The molecular weight excluding hydrogens is 436 g/mol. The summed E-state index contributed by atoms with van der Waals surface area (Å²) in [5.74, 6) is 0. The van der Waals surface area contributed by atoms with Crippen LogP contribution in [0.5, 0.6) is 0 Å². The Morgan fingerprint density at radius 2 is 1.48 bits per heavy atom. The van der Waals surface area contributed by atoms with E-state index in [2.05, 4.69) is 27.1 Å². The highest BCUT2D eigenvalue weighted by molar-refractivity contribution is 7.92. The van der Waals surface area contributed by atoms with E-state index in [-0.39, 0.29) is 16.5 Å². The second-order valence-electron chi connectivity index (χ2n) is 8.36.